The predicted octanol–water partition coefficient (Wildman–Crippen LogP) is 5.57. The molecule has 1 saturated carbocycles. The van der Waals surface area contributed by atoms with Crippen molar-refractivity contribution in [2.75, 3.05) is 0 Å². The zero-order valence-electron chi connectivity index (χ0n) is 23.9. The van der Waals surface area contributed by atoms with E-state index in [4.69, 9.17) is 0 Å². The van der Waals surface area contributed by atoms with Gasteiger partial charge in [-0.05, 0) is 96.8 Å². The van der Waals surface area contributed by atoms with Crippen molar-refractivity contribution in [3.05, 3.63) is 75.7 Å². The Morgan fingerprint density at radius 1 is 1.02 bits per heavy atom. The summed E-state index contributed by atoms with van der Waals surface area (Å²) < 4.78 is 2.56. The number of aromatic nitrogens is 4. The second-order valence-electron chi connectivity index (χ2n) is 11.9. The molecule has 8 nitrogen and oxygen atoms in total. The number of ketones is 2. The van der Waals surface area contributed by atoms with E-state index in [1.54, 1.807) is 25.5 Å². The first kappa shape index (κ1) is 27.4. The highest BCUT2D eigenvalue weighted by Gasteiger charge is 2.64. The summed E-state index contributed by atoms with van der Waals surface area (Å²) in [6.45, 7) is 9.53. The molecule has 1 saturated heterocycles. The Hall–Kier alpha value is -3.72. The second kappa shape index (κ2) is 9.98. The Balaban J connectivity index is 1.32. The third-order valence-electron chi connectivity index (χ3n) is 8.77. The standard InChI is InChI=1S/C32H32BrN5O3/c1-17-6-7-29(33)36-25(17)10-27(40)26-11-32(5)12-28(32)38(26)30(41)16-37-15-24(19(3)39)23-9-21(8-18(2)31(23)37)22-13-34-20(4)35-14-22/h6-9,13-15,26,28H,10-12,16H2,1-5H3/t26-,28+,32-/m0/s1. The number of pyridine rings is 1. The highest BCUT2D eigenvalue weighted by atomic mass is 79.9. The van der Waals surface area contributed by atoms with Gasteiger partial charge in [0.25, 0.3) is 0 Å². The summed E-state index contributed by atoms with van der Waals surface area (Å²) in [5.41, 5.74) is 5.78. The van der Waals surface area contributed by atoms with E-state index in [0.29, 0.717) is 22.4 Å². The molecule has 210 valence electrons. The third-order valence-corrected chi connectivity index (χ3v) is 9.21. The number of amides is 1. The van der Waals surface area contributed by atoms with Gasteiger partial charge in [-0.3, -0.25) is 14.4 Å². The fourth-order valence-electron chi connectivity index (χ4n) is 6.41. The van der Waals surface area contributed by atoms with Crippen LogP contribution in [0.2, 0.25) is 0 Å². The Labute approximate surface area is 247 Å². The van der Waals surface area contributed by atoms with Crippen molar-refractivity contribution in [3.8, 4) is 11.1 Å². The molecule has 0 bridgehead atoms. The molecule has 0 spiro atoms. The van der Waals surface area contributed by atoms with E-state index >= 15 is 0 Å². The van der Waals surface area contributed by atoms with Gasteiger partial charge in [-0.25, -0.2) is 15.0 Å². The Bertz CT molecular complexity index is 1740. The van der Waals surface area contributed by atoms with Crippen LogP contribution in [0.4, 0.5) is 0 Å². The Morgan fingerprint density at radius 2 is 1.76 bits per heavy atom. The molecule has 1 aromatic carbocycles. The van der Waals surface area contributed by atoms with Crippen molar-refractivity contribution in [1.82, 2.24) is 24.4 Å². The summed E-state index contributed by atoms with van der Waals surface area (Å²) in [6, 6.07) is 7.40. The van der Waals surface area contributed by atoms with Crippen LogP contribution in [0.25, 0.3) is 22.0 Å². The molecule has 1 amide bonds. The number of carbonyl (C=O) groups excluding carboxylic acids is 3. The van der Waals surface area contributed by atoms with Crippen molar-refractivity contribution in [2.24, 2.45) is 5.41 Å². The molecule has 3 aromatic heterocycles. The number of carbonyl (C=O) groups is 3. The summed E-state index contributed by atoms with van der Waals surface area (Å²) in [5.74, 6) is 0.534. The zero-order chi connectivity index (χ0) is 29.2. The van der Waals surface area contributed by atoms with Gasteiger partial charge in [0.15, 0.2) is 11.6 Å². The number of nitrogens with zero attached hydrogens (tertiary/aromatic N) is 5. The topological polar surface area (TPSA) is 98.1 Å². The minimum absolute atomic E-state index is 0.0170. The van der Waals surface area contributed by atoms with E-state index in [1.807, 2.05) is 54.5 Å². The fraction of sp³-hybridized carbons (Fsp3) is 0.375. The lowest BCUT2D eigenvalue weighted by Crippen LogP contribution is -2.45. The number of hydrogen-bond donors (Lipinski definition) is 0. The summed E-state index contributed by atoms with van der Waals surface area (Å²) in [7, 11) is 0. The SMILES string of the molecule is CC(=O)c1cn(CC(=O)N2[C@H](C(=O)Cc3nc(Br)ccc3C)C[C@@]3(C)C[C@@H]23)c2c(C)cc(-c3cnc(C)nc3)cc12. The Kier molecular flexibility index (Phi) is 6.68. The lowest BCUT2D eigenvalue weighted by atomic mass is 9.96. The van der Waals surface area contributed by atoms with Crippen molar-refractivity contribution in [2.45, 2.75) is 72.5 Å². The van der Waals surface area contributed by atoms with Crippen LogP contribution in [0.1, 0.15) is 59.7 Å². The van der Waals surface area contributed by atoms with E-state index in [-0.39, 0.29) is 41.9 Å². The number of rotatable bonds is 7. The van der Waals surface area contributed by atoms with Gasteiger partial charge in [0.1, 0.15) is 17.0 Å². The summed E-state index contributed by atoms with van der Waals surface area (Å²) in [4.78, 5) is 55.2. The Morgan fingerprint density at radius 3 is 2.46 bits per heavy atom. The van der Waals surface area contributed by atoms with E-state index in [9.17, 15) is 14.4 Å². The molecule has 4 aromatic rings. The van der Waals surface area contributed by atoms with Gasteiger partial charge in [-0.1, -0.05) is 13.0 Å². The number of aryl methyl sites for hydroxylation is 3. The highest BCUT2D eigenvalue weighted by Crippen LogP contribution is 2.59. The lowest BCUT2D eigenvalue weighted by Gasteiger charge is -2.27. The van der Waals surface area contributed by atoms with Gasteiger partial charge in [-0.2, -0.15) is 0 Å². The van der Waals surface area contributed by atoms with Crippen LogP contribution in [0.3, 0.4) is 0 Å². The number of likely N-dealkylation sites (tertiary alicyclic amines) is 1. The maximum Gasteiger partial charge on any atom is 0.243 e. The van der Waals surface area contributed by atoms with Crippen molar-refractivity contribution in [1.29, 1.82) is 0 Å². The van der Waals surface area contributed by atoms with Crippen molar-refractivity contribution < 1.29 is 14.4 Å². The lowest BCUT2D eigenvalue weighted by molar-refractivity contribution is -0.139. The third kappa shape index (κ3) is 4.90. The molecule has 1 aliphatic heterocycles. The fourth-order valence-corrected chi connectivity index (χ4v) is 6.76. The summed E-state index contributed by atoms with van der Waals surface area (Å²) >= 11 is 3.41. The van der Waals surface area contributed by atoms with Crippen LogP contribution < -0.4 is 0 Å². The minimum Gasteiger partial charge on any atom is -0.337 e. The first-order valence-electron chi connectivity index (χ1n) is 13.8. The molecule has 2 fully saturated rings. The van der Waals surface area contributed by atoms with Gasteiger partial charge in [0.05, 0.1) is 23.7 Å². The van der Waals surface area contributed by atoms with Crippen LogP contribution in [-0.2, 0) is 22.6 Å². The molecule has 41 heavy (non-hydrogen) atoms. The van der Waals surface area contributed by atoms with Gasteiger partial charge < -0.3 is 9.47 Å². The maximum absolute atomic E-state index is 14.0. The number of Topliss-reactive ketones (excluding diaryl/α,β-unsaturated/α-hetero) is 2. The first-order chi connectivity index (χ1) is 19.4. The molecule has 0 radical (unpaired) electrons. The average molecular weight is 615 g/mol. The zero-order valence-corrected chi connectivity index (χ0v) is 25.4. The number of piperidine rings is 1. The smallest absolute Gasteiger partial charge is 0.243 e. The van der Waals surface area contributed by atoms with Crippen LogP contribution in [0, 0.1) is 26.2 Å². The van der Waals surface area contributed by atoms with Crippen LogP contribution in [0.5, 0.6) is 0 Å². The van der Waals surface area contributed by atoms with E-state index in [1.165, 1.54) is 0 Å². The summed E-state index contributed by atoms with van der Waals surface area (Å²) in [6.07, 6.45) is 7.10. The second-order valence-corrected chi connectivity index (χ2v) is 12.7. The largest absolute Gasteiger partial charge is 0.337 e. The molecule has 9 heteroatoms. The summed E-state index contributed by atoms with van der Waals surface area (Å²) in [5, 5.41) is 0.794. The van der Waals surface area contributed by atoms with Crippen LogP contribution in [-0.4, -0.2) is 54.0 Å². The quantitative estimate of drug-likeness (QED) is 0.199. The highest BCUT2D eigenvalue weighted by molar-refractivity contribution is 9.10. The predicted molar refractivity (Wildman–Crippen MR) is 160 cm³/mol. The molecular weight excluding hydrogens is 582 g/mol. The van der Waals surface area contributed by atoms with Crippen LogP contribution in [0.15, 0.2) is 47.5 Å². The van der Waals surface area contributed by atoms with Crippen molar-refractivity contribution in [3.63, 3.8) is 0 Å². The normalized spacial score (nSPS) is 21.3. The first-order valence-corrected chi connectivity index (χ1v) is 14.6. The molecule has 3 atom stereocenters. The molecule has 4 heterocycles. The van der Waals surface area contributed by atoms with E-state index in [0.717, 1.165) is 45.3 Å². The van der Waals surface area contributed by atoms with E-state index < -0.39 is 6.04 Å². The van der Waals surface area contributed by atoms with Gasteiger partial charge >= 0.3 is 0 Å². The van der Waals surface area contributed by atoms with Crippen LogP contribution >= 0.6 is 15.9 Å². The van der Waals surface area contributed by atoms with Crippen molar-refractivity contribution >= 4 is 44.3 Å². The maximum atomic E-state index is 14.0. The molecule has 2 aliphatic rings. The van der Waals surface area contributed by atoms with Gasteiger partial charge in [0, 0.05) is 41.1 Å². The van der Waals surface area contributed by atoms with Gasteiger partial charge in [0.2, 0.25) is 5.91 Å². The molecule has 0 unspecified atom stereocenters. The number of fused-ring (bicyclic) bond motifs is 2. The molecule has 0 N–H and O–H groups in total. The number of hydrogen-bond acceptors (Lipinski definition) is 6. The van der Waals surface area contributed by atoms with Gasteiger partial charge in [-0.15, -0.1) is 0 Å². The molecule has 6 rings (SSSR count). The molecule has 1 aliphatic carbocycles. The molecular formula is C32H32BrN5O3. The number of halogens is 1. The van der Waals surface area contributed by atoms with E-state index in [2.05, 4.69) is 37.8 Å². The monoisotopic (exact) mass is 613 g/mol. The average Bonchev–Trinajstić information content (AvgIpc) is 3.27. The minimum atomic E-state index is -0.477. The number of benzene rings is 1.